The Labute approximate surface area is 163 Å². The normalized spacial score (nSPS) is 10.5. The fraction of sp³-hybridized carbons (Fsp3) is 0.136. The van der Waals surface area contributed by atoms with Gasteiger partial charge in [-0.1, -0.05) is 54.5 Å². The highest BCUT2D eigenvalue weighted by Crippen LogP contribution is 2.18. The average Bonchev–Trinajstić information content (AvgIpc) is 3.16. The number of ether oxygens (including phenoxy) is 1. The number of hydrogen-bond donors (Lipinski definition) is 1. The minimum Gasteiger partial charge on any atom is -0.371 e. The molecule has 0 amide bonds. The molecular weight excluding hydrogens is 350 g/mol. The van der Waals surface area contributed by atoms with Crippen molar-refractivity contribution >= 4 is 17.0 Å². The molecule has 0 bridgehead atoms. The van der Waals surface area contributed by atoms with Crippen molar-refractivity contribution in [2.75, 3.05) is 12.4 Å². The summed E-state index contributed by atoms with van der Waals surface area (Å²) in [6, 6.07) is 19.8. The fourth-order valence-corrected chi connectivity index (χ4v) is 2.75. The first kappa shape index (κ1) is 17.7. The first-order chi connectivity index (χ1) is 13.8. The molecule has 0 spiro atoms. The van der Waals surface area contributed by atoms with Gasteiger partial charge in [-0.15, -0.1) is 0 Å². The van der Waals surface area contributed by atoms with Gasteiger partial charge in [-0.25, -0.2) is 15.0 Å². The lowest BCUT2D eigenvalue weighted by atomic mass is 10.2. The van der Waals surface area contributed by atoms with Gasteiger partial charge >= 0.3 is 0 Å². The van der Waals surface area contributed by atoms with E-state index in [0.29, 0.717) is 36.1 Å². The van der Waals surface area contributed by atoms with Crippen LogP contribution in [-0.2, 0) is 18.1 Å². The molecule has 2 heterocycles. The number of hydrogen-bond acceptors (Lipinski definition) is 5. The van der Waals surface area contributed by atoms with Crippen molar-refractivity contribution in [1.82, 2.24) is 19.5 Å². The zero-order chi connectivity index (χ0) is 19.2. The van der Waals surface area contributed by atoms with Crippen molar-refractivity contribution in [2.24, 2.45) is 0 Å². The molecule has 0 unspecified atom stereocenters. The van der Waals surface area contributed by atoms with E-state index in [1.165, 1.54) is 0 Å². The van der Waals surface area contributed by atoms with Gasteiger partial charge in [0, 0.05) is 12.6 Å². The quantitative estimate of drug-likeness (QED) is 0.546. The zero-order valence-corrected chi connectivity index (χ0v) is 15.5. The number of aromatic nitrogens is 4. The molecule has 28 heavy (non-hydrogen) atoms. The van der Waals surface area contributed by atoms with Gasteiger partial charge in [-0.05, 0) is 23.6 Å². The number of anilines is 1. The van der Waals surface area contributed by atoms with Gasteiger partial charge in [0.1, 0.15) is 6.73 Å². The maximum absolute atomic E-state index is 5.82. The summed E-state index contributed by atoms with van der Waals surface area (Å²) in [7, 11) is 1.81. The van der Waals surface area contributed by atoms with Crippen LogP contribution in [0.5, 0.6) is 0 Å². The van der Waals surface area contributed by atoms with Crippen LogP contribution in [0.4, 0.5) is 5.82 Å². The number of rotatable bonds is 5. The lowest BCUT2D eigenvalue weighted by Crippen LogP contribution is -2.05. The van der Waals surface area contributed by atoms with Crippen molar-refractivity contribution < 1.29 is 4.74 Å². The number of benzene rings is 2. The molecule has 138 valence electrons. The van der Waals surface area contributed by atoms with Crippen LogP contribution in [0.2, 0.25) is 0 Å². The minimum atomic E-state index is 0.344. The third kappa shape index (κ3) is 4.00. The number of nitrogens with zero attached hydrogens (tertiary/aromatic N) is 4. The predicted octanol–water partition coefficient (Wildman–Crippen LogP) is 3.44. The summed E-state index contributed by atoms with van der Waals surface area (Å²) < 4.78 is 7.68. The second kappa shape index (κ2) is 8.33. The lowest BCUT2D eigenvalue weighted by Gasteiger charge is -2.07. The molecule has 0 atom stereocenters. The van der Waals surface area contributed by atoms with Gasteiger partial charge in [-0.3, -0.25) is 4.57 Å². The van der Waals surface area contributed by atoms with Crippen LogP contribution in [0.15, 0.2) is 67.0 Å². The molecule has 0 aliphatic rings. The maximum Gasteiger partial charge on any atom is 0.209 e. The van der Waals surface area contributed by atoms with E-state index in [1.807, 2.05) is 65.2 Å². The SMILES string of the molecule is CNc1nc(C#Cc2ccccc2)nc2c1ncn2COCc1ccccc1. The number of nitrogens with one attached hydrogen (secondary N) is 1. The average molecular weight is 369 g/mol. The van der Waals surface area contributed by atoms with Crippen molar-refractivity contribution in [2.45, 2.75) is 13.3 Å². The van der Waals surface area contributed by atoms with E-state index in [4.69, 9.17) is 4.74 Å². The molecule has 4 rings (SSSR count). The Hall–Kier alpha value is -3.69. The molecule has 0 radical (unpaired) electrons. The van der Waals surface area contributed by atoms with E-state index in [2.05, 4.69) is 32.1 Å². The second-order valence-corrected chi connectivity index (χ2v) is 6.11. The van der Waals surface area contributed by atoms with Gasteiger partial charge in [0.2, 0.25) is 5.82 Å². The van der Waals surface area contributed by atoms with Crippen molar-refractivity contribution in [3.8, 4) is 11.8 Å². The van der Waals surface area contributed by atoms with Crippen LogP contribution >= 0.6 is 0 Å². The molecule has 6 heteroatoms. The van der Waals surface area contributed by atoms with Gasteiger partial charge < -0.3 is 10.1 Å². The third-order valence-electron chi connectivity index (χ3n) is 4.14. The monoisotopic (exact) mass is 369 g/mol. The molecule has 6 nitrogen and oxygen atoms in total. The standard InChI is InChI=1S/C22H19N5O/c1-23-21-20-22(26-19(25-21)13-12-17-8-4-2-5-9-17)27(15-24-20)16-28-14-18-10-6-3-7-11-18/h2-11,15H,14,16H2,1H3,(H,23,25,26). The van der Waals surface area contributed by atoms with Crippen LogP contribution in [0.1, 0.15) is 17.0 Å². The first-order valence-corrected chi connectivity index (χ1v) is 8.93. The highest BCUT2D eigenvalue weighted by molar-refractivity contribution is 5.83. The Morgan fingerprint density at radius 2 is 1.71 bits per heavy atom. The molecule has 2 aromatic heterocycles. The molecule has 0 aliphatic carbocycles. The number of fused-ring (bicyclic) bond motifs is 1. The number of imidazole rings is 1. The van der Waals surface area contributed by atoms with Crippen molar-refractivity contribution in [3.63, 3.8) is 0 Å². The molecule has 2 aromatic carbocycles. The van der Waals surface area contributed by atoms with E-state index >= 15 is 0 Å². The maximum atomic E-state index is 5.82. The summed E-state index contributed by atoms with van der Waals surface area (Å²) in [5, 5.41) is 3.07. The highest BCUT2D eigenvalue weighted by atomic mass is 16.5. The Morgan fingerprint density at radius 3 is 2.46 bits per heavy atom. The molecule has 0 aliphatic heterocycles. The summed E-state index contributed by atoms with van der Waals surface area (Å²) in [5.41, 5.74) is 3.41. The van der Waals surface area contributed by atoms with Crippen LogP contribution in [0.3, 0.4) is 0 Å². The van der Waals surface area contributed by atoms with Gasteiger partial charge in [0.25, 0.3) is 0 Å². The summed E-state index contributed by atoms with van der Waals surface area (Å²) >= 11 is 0. The summed E-state index contributed by atoms with van der Waals surface area (Å²) in [6.07, 6.45) is 1.71. The van der Waals surface area contributed by atoms with Crippen LogP contribution in [-0.4, -0.2) is 26.6 Å². The second-order valence-electron chi connectivity index (χ2n) is 6.11. The summed E-state index contributed by atoms with van der Waals surface area (Å²) in [6.45, 7) is 0.863. The first-order valence-electron chi connectivity index (χ1n) is 8.93. The highest BCUT2D eigenvalue weighted by Gasteiger charge is 2.11. The van der Waals surface area contributed by atoms with Gasteiger partial charge in [0.15, 0.2) is 17.0 Å². The van der Waals surface area contributed by atoms with Crippen LogP contribution in [0.25, 0.3) is 11.2 Å². The van der Waals surface area contributed by atoms with Crippen molar-refractivity contribution in [1.29, 1.82) is 0 Å². The Kier molecular flexibility index (Phi) is 5.27. The third-order valence-corrected chi connectivity index (χ3v) is 4.14. The van der Waals surface area contributed by atoms with Crippen LogP contribution in [0, 0.1) is 11.8 Å². The van der Waals surface area contributed by atoms with Gasteiger partial charge in [0.05, 0.1) is 12.9 Å². The van der Waals surface area contributed by atoms with Crippen molar-refractivity contribution in [3.05, 3.63) is 83.9 Å². The van der Waals surface area contributed by atoms with Gasteiger partial charge in [-0.2, -0.15) is 0 Å². The molecule has 0 fully saturated rings. The summed E-state index contributed by atoms with van der Waals surface area (Å²) in [5.74, 6) is 7.20. The Balaban J connectivity index is 1.59. The zero-order valence-electron chi connectivity index (χ0n) is 15.5. The topological polar surface area (TPSA) is 64.9 Å². The molecule has 0 saturated carbocycles. The lowest BCUT2D eigenvalue weighted by molar-refractivity contribution is 0.0661. The van der Waals surface area contributed by atoms with Crippen LogP contribution < -0.4 is 5.32 Å². The van der Waals surface area contributed by atoms with E-state index < -0.39 is 0 Å². The molecule has 0 saturated heterocycles. The van der Waals surface area contributed by atoms with E-state index in [0.717, 1.165) is 11.1 Å². The van der Waals surface area contributed by atoms with E-state index in [-0.39, 0.29) is 0 Å². The molecular formula is C22H19N5O. The minimum absolute atomic E-state index is 0.344. The summed E-state index contributed by atoms with van der Waals surface area (Å²) in [4.78, 5) is 13.5. The smallest absolute Gasteiger partial charge is 0.209 e. The van der Waals surface area contributed by atoms with E-state index in [9.17, 15) is 0 Å². The Morgan fingerprint density at radius 1 is 0.964 bits per heavy atom. The predicted molar refractivity (Wildman–Crippen MR) is 109 cm³/mol. The molecule has 1 N–H and O–H groups in total. The fourth-order valence-electron chi connectivity index (χ4n) is 2.75. The van der Waals surface area contributed by atoms with E-state index in [1.54, 1.807) is 13.4 Å². The molecule has 4 aromatic rings. The largest absolute Gasteiger partial charge is 0.371 e. The Bertz CT molecular complexity index is 1130.